The van der Waals surface area contributed by atoms with Gasteiger partial charge in [0.25, 0.3) is 5.91 Å². The second-order valence-corrected chi connectivity index (χ2v) is 7.53. The zero-order valence-electron chi connectivity index (χ0n) is 14.4. The van der Waals surface area contributed by atoms with Crippen LogP contribution in [-0.2, 0) is 17.6 Å². The van der Waals surface area contributed by atoms with E-state index in [4.69, 9.17) is 0 Å². The first-order valence-electron chi connectivity index (χ1n) is 9.50. The van der Waals surface area contributed by atoms with E-state index in [-0.39, 0.29) is 5.91 Å². The summed E-state index contributed by atoms with van der Waals surface area (Å²) < 4.78 is 0. The van der Waals surface area contributed by atoms with Gasteiger partial charge in [-0.2, -0.15) is 0 Å². The number of amides is 1. The maximum atomic E-state index is 13.4. The van der Waals surface area contributed by atoms with Gasteiger partial charge >= 0.3 is 0 Å². The van der Waals surface area contributed by atoms with Gasteiger partial charge in [-0.15, -0.1) is 0 Å². The minimum absolute atomic E-state index is 0.249. The lowest BCUT2D eigenvalue weighted by molar-refractivity contribution is -0.129. The van der Waals surface area contributed by atoms with Crippen LogP contribution in [0, 0.1) is 0 Å². The Morgan fingerprint density at radius 2 is 1.76 bits per heavy atom. The number of fused-ring (bicyclic) bond motifs is 4. The molecule has 5 rings (SSSR count). The van der Waals surface area contributed by atoms with Gasteiger partial charge in [-0.3, -0.25) is 4.79 Å². The normalized spacial score (nSPS) is 24.2. The molecular formula is C23H23NO. The Bertz CT molecular complexity index is 866. The van der Waals surface area contributed by atoms with Crippen molar-refractivity contribution in [2.24, 2.45) is 0 Å². The number of piperidine rings is 1. The van der Waals surface area contributed by atoms with Crippen LogP contribution < -0.4 is 0 Å². The van der Waals surface area contributed by atoms with Crippen molar-refractivity contribution in [3.63, 3.8) is 0 Å². The molecule has 0 aromatic heterocycles. The molecule has 25 heavy (non-hydrogen) atoms. The van der Waals surface area contributed by atoms with Crippen molar-refractivity contribution in [2.45, 2.75) is 44.1 Å². The summed E-state index contributed by atoms with van der Waals surface area (Å²) in [5.41, 5.74) is 6.33. The minimum atomic E-state index is 0.249. The second kappa shape index (κ2) is 5.87. The van der Waals surface area contributed by atoms with Gasteiger partial charge in [0.1, 0.15) is 0 Å². The van der Waals surface area contributed by atoms with Crippen molar-refractivity contribution >= 4 is 11.5 Å². The molecule has 2 aliphatic carbocycles. The molecule has 0 N–H and O–H groups in total. The Hall–Kier alpha value is -2.35. The highest BCUT2D eigenvalue weighted by Crippen LogP contribution is 2.42. The molecule has 1 fully saturated rings. The molecule has 0 saturated carbocycles. The van der Waals surface area contributed by atoms with Gasteiger partial charge in [0, 0.05) is 24.1 Å². The number of carbonyl (C=O) groups excluding carboxylic acids is 1. The fraction of sp³-hybridized carbons (Fsp3) is 0.348. The molecule has 2 nitrogen and oxygen atoms in total. The lowest BCUT2D eigenvalue weighted by atomic mass is 9.74. The molecule has 2 aromatic rings. The Morgan fingerprint density at radius 1 is 0.960 bits per heavy atom. The van der Waals surface area contributed by atoms with Gasteiger partial charge in [-0.25, -0.2) is 0 Å². The Kier molecular flexibility index (Phi) is 3.51. The molecule has 2 atom stereocenters. The third-order valence-corrected chi connectivity index (χ3v) is 6.27. The lowest BCUT2D eigenvalue weighted by Gasteiger charge is -2.45. The number of hydrogen-bond acceptors (Lipinski definition) is 1. The summed E-state index contributed by atoms with van der Waals surface area (Å²) in [4.78, 5) is 15.6. The molecular weight excluding hydrogens is 306 g/mol. The topological polar surface area (TPSA) is 20.3 Å². The third kappa shape index (κ3) is 2.35. The number of allylic oxidation sites excluding steroid dienone is 1. The van der Waals surface area contributed by atoms with E-state index in [1.165, 1.54) is 23.1 Å². The van der Waals surface area contributed by atoms with Crippen molar-refractivity contribution in [2.75, 3.05) is 6.54 Å². The molecule has 2 heteroatoms. The van der Waals surface area contributed by atoms with Crippen LogP contribution in [0.1, 0.15) is 47.4 Å². The van der Waals surface area contributed by atoms with Crippen molar-refractivity contribution in [3.8, 4) is 0 Å². The molecule has 1 amide bonds. The summed E-state index contributed by atoms with van der Waals surface area (Å²) in [5, 5.41) is 0. The first-order chi connectivity index (χ1) is 12.3. The minimum Gasteiger partial charge on any atom is -0.335 e. The fourth-order valence-corrected chi connectivity index (χ4v) is 5.10. The van der Waals surface area contributed by atoms with Gasteiger partial charge in [0.15, 0.2) is 0 Å². The predicted molar refractivity (Wildman–Crippen MR) is 100 cm³/mol. The average molecular weight is 329 g/mol. The Morgan fingerprint density at radius 3 is 2.68 bits per heavy atom. The van der Waals surface area contributed by atoms with E-state index in [2.05, 4.69) is 53.4 Å². The summed E-state index contributed by atoms with van der Waals surface area (Å²) >= 11 is 0. The SMILES string of the molecule is O=C(C1=CCc2ccccc21)N1CCCC2c3ccccc3CC[C@@H]21. The van der Waals surface area contributed by atoms with E-state index in [1.54, 1.807) is 0 Å². The Balaban J connectivity index is 1.47. The van der Waals surface area contributed by atoms with Crippen molar-refractivity contribution in [1.29, 1.82) is 0 Å². The van der Waals surface area contributed by atoms with Gasteiger partial charge in [0.2, 0.25) is 0 Å². The van der Waals surface area contributed by atoms with Crippen LogP contribution >= 0.6 is 0 Å². The van der Waals surface area contributed by atoms with E-state index in [0.717, 1.165) is 43.4 Å². The van der Waals surface area contributed by atoms with Crippen LogP contribution in [0.4, 0.5) is 0 Å². The van der Waals surface area contributed by atoms with E-state index in [9.17, 15) is 4.79 Å². The summed E-state index contributed by atoms with van der Waals surface area (Å²) in [7, 11) is 0. The largest absolute Gasteiger partial charge is 0.335 e. The molecule has 0 radical (unpaired) electrons. The number of nitrogens with zero attached hydrogens (tertiary/aromatic N) is 1. The Labute approximate surface area is 149 Å². The molecule has 3 aliphatic rings. The number of aryl methyl sites for hydroxylation is 1. The molecule has 2 aromatic carbocycles. The van der Waals surface area contributed by atoms with Crippen molar-refractivity contribution in [3.05, 3.63) is 76.9 Å². The van der Waals surface area contributed by atoms with Crippen LogP contribution in [0.3, 0.4) is 0 Å². The van der Waals surface area contributed by atoms with E-state index < -0.39 is 0 Å². The smallest absolute Gasteiger partial charge is 0.254 e. The van der Waals surface area contributed by atoms with Crippen LogP contribution in [0.25, 0.3) is 5.57 Å². The lowest BCUT2D eigenvalue weighted by Crippen LogP contribution is -2.49. The summed E-state index contributed by atoms with van der Waals surface area (Å²) in [6, 6.07) is 17.6. The van der Waals surface area contributed by atoms with Crippen LogP contribution in [-0.4, -0.2) is 23.4 Å². The van der Waals surface area contributed by atoms with Gasteiger partial charge < -0.3 is 4.90 Å². The maximum Gasteiger partial charge on any atom is 0.254 e. The molecule has 0 spiro atoms. The van der Waals surface area contributed by atoms with Gasteiger partial charge in [-0.05, 0) is 54.4 Å². The van der Waals surface area contributed by atoms with Gasteiger partial charge in [-0.1, -0.05) is 54.6 Å². The number of likely N-dealkylation sites (tertiary alicyclic amines) is 1. The van der Waals surface area contributed by atoms with Crippen LogP contribution in [0.2, 0.25) is 0 Å². The fourth-order valence-electron chi connectivity index (χ4n) is 5.10. The highest BCUT2D eigenvalue weighted by atomic mass is 16.2. The van der Waals surface area contributed by atoms with E-state index in [0.29, 0.717) is 12.0 Å². The molecule has 1 unspecified atom stereocenters. The highest BCUT2D eigenvalue weighted by Gasteiger charge is 2.39. The number of benzene rings is 2. The quantitative estimate of drug-likeness (QED) is 0.762. The van der Waals surface area contributed by atoms with Crippen LogP contribution in [0.5, 0.6) is 0 Å². The van der Waals surface area contributed by atoms with Crippen molar-refractivity contribution in [1.82, 2.24) is 4.90 Å². The van der Waals surface area contributed by atoms with E-state index >= 15 is 0 Å². The molecule has 1 saturated heterocycles. The average Bonchev–Trinajstić information content (AvgIpc) is 3.11. The highest BCUT2D eigenvalue weighted by molar-refractivity contribution is 6.21. The predicted octanol–water partition coefficient (Wildman–Crippen LogP) is 4.35. The molecule has 1 aliphatic heterocycles. The third-order valence-electron chi connectivity index (χ3n) is 6.27. The standard InChI is InChI=1S/C23H23NO/c25-23(21-13-11-16-6-2-4-9-19(16)21)24-15-5-10-20-18-8-3-1-7-17(18)12-14-22(20)24/h1-4,6-9,13,20,22H,5,10-12,14-15H2/t20?,22-/m0/s1. The molecule has 0 bridgehead atoms. The first kappa shape index (κ1) is 14.9. The summed E-state index contributed by atoms with van der Waals surface area (Å²) in [5.74, 6) is 0.763. The molecule has 1 heterocycles. The van der Waals surface area contributed by atoms with E-state index in [1.807, 2.05) is 6.07 Å². The number of hydrogen-bond donors (Lipinski definition) is 0. The number of carbonyl (C=O) groups is 1. The zero-order chi connectivity index (χ0) is 16.8. The summed E-state index contributed by atoms with van der Waals surface area (Å²) in [6.07, 6.45) is 7.53. The summed E-state index contributed by atoms with van der Waals surface area (Å²) in [6.45, 7) is 0.904. The second-order valence-electron chi connectivity index (χ2n) is 7.53. The number of rotatable bonds is 1. The molecule has 126 valence electrons. The van der Waals surface area contributed by atoms with Crippen LogP contribution in [0.15, 0.2) is 54.6 Å². The van der Waals surface area contributed by atoms with Gasteiger partial charge in [0.05, 0.1) is 0 Å². The zero-order valence-corrected chi connectivity index (χ0v) is 14.4. The van der Waals surface area contributed by atoms with Crippen molar-refractivity contribution < 1.29 is 4.79 Å². The maximum absolute atomic E-state index is 13.4. The first-order valence-corrected chi connectivity index (χ1v) is 9.50. The monoisotopic (exact) mass is 329 g/mol.